The summed E-state index contributed by atoms with van der Waals surface area (Å²) in [6, 6.07) is 16.3. The first kappa shape index (κ1) is 15.9. The Hall–Kier alpha value is -3.02. The van der Waals surface area contributed by atoms with E-state index in [1.54, 1.807) is 6.08 Å². The van der Waals surface area contributed by atoms with Gasteiger partial charge in [0, 0.05) is 4.91 Å². The van der Waals surface area contributed by atoms with Gasteiger partial charge in [0.25, 0.3) is 11.1 Å². The lowest BCUT2D eigenvalue weighted by Gasteiger charge is -2.12. The van der Waals surface area contributed by atoms with E-state index in [0.29, 0.717) is 4.91 Å². The SMILES string of the molecule is [N-]=[N+]=NC(c1ccccc1)c1cccc(/C=C2/SC(=O)NC2=O)c1. The lowest BCUT2D eigenvalue weighted by molar-refractivity contribution is -0.115. The molecule has 1 heterocycles. The summed E-state index contributed by atoms with van der Waals surface area (Å²) in [6.07, 6.45) is 1.65. The number of benzene rings is 2. The molecule has 6 nitrogen and oxygen atoms in total. The van der Waals surface area contributed by atoms with E-state index in [-0.39, 0.29) is 5.24 Å². The molecule has 0 radical (unpaired) electrons. The highest BCUT2D eigenvalue weighted by atomic mass is 32.2. The van der Waals surface area contributed by atoms with Crippen LogP contribution in [0.15, 0.2) is 64.6 Å². The first-order chi connectivity index (χ1) is 11.7. The fraction of sp³-hybridized carbons (Fsp3) is 0.0588. The van der Waals surface area contributed by atoms with Crippen molar-refractivity contribution in [2.45, 2.75) is 6.04 Å². The largest absolute Gasteiger partial charge is 0.290 e. The summed E-state index contributed by atoms with van der Waals surface area (Å²) in [6.45, 7) is 0. The first-order valence-corrected chi connectivity index (χ1v) is 7.93. The summed E-state index contributed by atoms with van der Waals surface area (Å²) in [5.74, 6) is -0.398. The predicted molar refractivity (Wildman–Crippen MR) is 93.0 cm³/mol. The Labute approximate surface area is 142 Å². The van der Waals surface area contributed by atoms with E-state index in [4.69, 9.17) is 5.53 Å². The summed E-state index contributed by atoms with van der Waals surface area (Å²) in [4.78, 5) is 26.2. The number of hydrogen-bond donors (Lipinski definition) is 1. The molecule has 0 aliphatic carbocycles. The average Bonchev–Trinajstić information content (AvgIpc) is 2.91. The third-order valence-electron chi connectivity index (χ3n) is 3.45. The van der Waals surface area contributed by atoms with Gasteiger partial charge in [-0.05, 0) is 40.1 Å². The van der Waals surface area contributed by atoms with Crippen LogP contribution in [0.2, 0.25) is 0 Å². The second-order valence-corrected chi connectivity index (χ2v) is 6.06. The molecule has 0 aromatic heterocycles. The molecule has 1 unspecified atom stereocenters. The van der Waals surface area contributed by atoms with Gasteiger partial charge in [0.1, 0.15) is 0 Å². The quantitative estimate of drug-likeness (QED) is 0.388. The Kier molecular flexibility index (Phi) is 4.65. The number of carbonyl (C=O) groups is 2. The lowest BCUT2D eigenvalue weighted by Crippen LogP contribution is -2.17. The number of amides is 2. The van der Waals surface area contributed by atoms with Gasteiger partial charge in [-0.3, -0.25) is 14.9 Å². The minimum Gasteiger partial charge on any atom is -0.282 e. The highest BCUT2D eigenvalue weighted by Gasteiger charge is 2.25. The molecule has 7 heteroatoms. The molecule has 1 aliphatic rings. The average molecular weight is 336 g/mol. The normalized spacial score (nSPS) is 16.6. The zero-order valence-corrected chi connectivity index (χ0v) is 13.2. The van der Waals surface area contributed by atoms with Crippen molar-refractivity contribution in [3.05, 3.63) is 86.6 Å². The number of rotatable bonds is 4. The third kappa shape index (κ3) is 3.48. The molecule has 118 valence electrons. The third-order valence-corrected chi connectivity index (χ3v) is 4.26. The van der Waals surface area contributed by atoms with Crippen molar-refractivity contribution in [1.82, 2.24) is 5.32 Å². The van der Waals surface area contributed by atoms with E-state index in [0.717, 1.165) is 28.5 Å². The van der Waals surface area contributed by atoms with Crippen molar-refractivity contribution in [1.29, 1.82) is 0 Å². The molecule has 0 bridgehead atoms. The number of azide groups is 1. The first-order valence-electron chi connectivity index (χ1n) is 7.11. The van der Waals surface area contributed by atoms with Gasteiger partial charge in [0.05, 0.1) is 10.9 Å². The summed E-state index contributed by atoms with van der Waals surface area (Å²) in [5.41, 5.74) is 11.3. The van der Waals surface area contributed by atoms with Gasteiger partial charge in [0.15, 0.2) is 0 Å². The highest BCUT2D eigenvalue weighted by Crippen LogP contribution is 2.29. The van der Waals surface area contributed by atoms with Crippen molar-refractivity contribution in [2.24, 2.45) is 5.11 Å². The zero-order valence-electron chi connectivity index (χ0n) is 12.4. The topological polar surface area (TPSA) is 94.9 Å². The smallest absolute Gasteiger partial charge is 0.282 e. The Morgan fingerprint density at radius 3 is 2.50 bits per heavy atom. The van der Waals surface area contributed by atoms with Crippen LogP contribution in [0.3, 0.4) is 0 Å². The number of hydrogen-bond acceptors (Lipinski definition) is 4. The highest BCUT2D eigenvalue weighted by molar-refractivity contribution is 8.18. The van der Waals surface area contributed by atoms with E-state index < -0.39 is 11.9 Å². The van der Waals surface area contributed by atoms with Crippen LogP contribution in [0.25, 0.3) is 16.5 Å². The summed E-state index contributed by atoms with van der Waals surface area (Å²) < 4.78 is 0. The number of imide groups is 1. The second-order valence-electron chi connectivity index (χ2n) is 5.04. The summed E-state index contributed by atoms with van der Waals surface area (Å²) in [5, 5.41) is 5.73. The van der Waals surface area contributed by atoms with E-state index >= 15 is 0 Å². The molecular formula is C17H12N4O2S. The van der Waals surface area contributed by atoms with Gasteiger partial charge >= 0.3 is 0 Å². The molecule has 1 fully saturated rings. The number of nitrogens with one attached hydrogen (secondary N) is 1. The monoisotopic (exact) mass is 336 g/mol. The minimum absolute atomic E-state index is 0.345. The number of nitrogens with zero attached hydrogens (tertiary/aromatic N) is 3. The molecule has 0 spiro atoms. The summed E-state index contributed by atoms with van der Waals surface area (Å²) in [7, 11) is 0. The minimum atomic E-state index is -0.457. The fourth-order valence-corrected chi connectivity index (χ4v) is 3.09. The van der Waals surface area contributed by atoms with Gasteiger partial charge in [-0.2, -0.15) is 0 Å². The van der Waals surface area contributed by atoms with E-state index in [1.807, 2.05) is 54.6 Å². The van der Waals surface area contributed by atoms with Crippen LogP contribution >= 0.6 is 11.8 Å². The van der Waals surface area contributed by atoms with Gasteiger partial charge in [0.2, 0.25) is 0 Å². The van der Waals surface area contributed by atoms with Gasteiger partial charge in [-0.15, -0.1) is 0 Å². The maximum atomic E-state index is 11.6. The molecule has 2 aromatic rings. The number of carbonyl (C=O) groups excluding carboxylic acids is 2. The Bertz CT molecular complexity index is 873. The maximum Gasteiger partial charge on any atom is 0.290 e. The van der Waals surface area contributed by atoms with E-state index in [9.17, 15) is 9.59 Å². The van der Waals surface area contributed by atoms with Crippen LogP contribution < -0.4 is 5.32 Å². The van der Waals surface area contributed by atoms with Crippen LogP contribution in [0.1, 0.15) is 22.7 Å². The van der Waals surface area contributed by atoms with Crippen molar-refractivity contribution in [3.63, 3.8) is 0 Å². The lowest BCUT2D eigenvalue weighted by atomic mass is 9.98. The van der Waals surface area contributed by atoms with Gasteiger partial charge in [-0.25, -0.2) is 0 Å². The molecular weight excluding hydrogens is 324 g/mol. The molecule has 1 N–H and O–H groups in total. The zero-order chi connectivity index (χ0) is 16.9. The molecule has 1 saturated heterocycles. The van der Waals surface area contributed by atoms with Crippen LogP contribution in [0, 0.1) is 0 Å². The maximum absolute atomic E-state index is 11.6. The standard InChI is InChI=1S/C17H12N4O2S/c18-21-20-15(12-6-2-1-3-7-12)13-8-4-5-11(9-13)10-14-16(22)19-17(23)24-14/h1-10,15H,(H,19,22,23)/b14-10+. The molecule has 1 atom stereocenters. The summed E-state index contributed by atoms with van der Waals surface area (Å²) >= 11 is 0.869. The van der Waals surface area contributed by atoms with Gasteiger partial charge in [-0.1, -0.05) is 59.7 Å². The van der Waals surface area contributed by atoms with Gasteiger partial charge < -0.3 is 0 Å². The molecule has 1 aliphatic heterocycles. The molecule has 24 heavy (non-hydrogen) atoms. The fourth-order valence-electron chi connectivity index (χ4n) is 2.40. The van der Waals surface area contributed by atoms with Crippen LogP contribution in [-0.2, 0) is 4.79 Å². The molecule has 3 rings (SSSR count). The van der Waals surface area contributed by atoms with E-state index in [2.05, 4.69) is 15.3 Å². The van der Waals surface area contributed by atoms with Crippen molar-refractivity contribution in [2.75, 3.05) is 0 Å². The predicted octanol–water partition coefficient (Wildman–Crippen LogP) is 4.41. The molecule has 0 saturated carbocycles. The van der Waals surface area contributed by atoms with Crippen molar-refractivity contribution in [3.8, 4) is 0 Å². The van der Waals surface area contributed by atoms with Crippen LogP contribution in [0.4, 0.5) is 4.79 Å². The van der Waals surface area contributed by atoms with Crippen molar-refractivity contribution >= 4 is 29.0 Å². The van der Waals surface area contributed by atoms with Crippen molar-refractivity contribution < 1.29 is 9.59 Å². The number of thioether (sulfide) groups is 1. The molecule has 2 amide bonds. The Balaban J connectivity index is 1.97. The van der Waals surface area contributed by atoms with E-state index in [1.165, 1.54) is 0 Å². The molecule has 2 aromatic carbocycles. The second kappa shape index (κ2) is 7.04. The van der Waals surface area contributed by atoms with Crippen LogP contribution in [-0.4, -0.2) is 11.1 Å². The van der Waals surface area contributed by atoms with Crippen LogP contribution in [0.5, 0.6) is 0 Å². The Morgan fingerprint density at radius 2 is 1.83 bits per heavy atom. The Morgan fingerprint density at radius 1 is 1.08 bits per heavy atom.